The highest BCUT2D eigenvalue weighted by atomic mass is 79.9. The van der Waals surface area contributed by atoms with E-state index in [1.165, 1.54) is 95.2 Å². The second-order valence-electron chi connectivity index (χ2n) is 5.63. The zero-order chi connectivity index (χ0) is 14.0. The maximum absolute atomic E-state index is 3.48. The van der Waals surface area contributed by atoms with Crippen LogP contribution in [-0.2, 0) is 0 Å². The van der Waals surface area contributed by atoms with Crippen LogP contribution in [0, 0.1) is 0 Å². The summed E-state index contributed by atoms with van der Waals surface area (Å²) >= 11 is 3.48. The first-order valence-electron chi connectivity index (χ1n) is 8.62. The molecule has 0 amide bonds. The molecule has 0 aromatic heterocycles. The minimum atomic E-state index is 1.17. The van der Waals surface area contributed by atoms with E-state index in [1.54, 1.807) is 0 Å². The highest BCUT2D eigenvalue weighted by Crippen LogP contribution is 2.10. The van der Waals surface area contributed by atoms with Gasteiger partial charge in [-0.15, -0.1) is 0 Å². The molecule has 0 saturated carbocycles. The predicted octanol–water partition coefficient (Wildman–Crippen LogP) is 7.42. The van der Waals surface area contributed by atoms with Crippen LogP contribution >= 0.6 is 15.9 Å². The maximum Gasteiger partial charge on any atom is 0.00313 e. The van der Waals surface area contributed by atoms with Crippen molar-refractivity contribution in [2.75, 3.05) is 5.33 Å². The first kappa shape index (κ1) is 19.2. The van der Waals surface area contributed by atoms with Crippen LogP contribution in [0.4, 0.5) is 0 Å². The van der Waals surface area contributed by atoms with Crippen molar-refractivity contribution < 1.29 is 0 Å². The third-order valence-electron chi connectivity index (χ3n) is 3.65. The van der Waals surface area contributed by atoms with Gasteiger partial charge < -0.3 is 0 Å². The predicted molar refractivity (Wildman–Crippen MR) is 93.2 cm³/mol. The second kappa shape index (κ2) is 18.2. The Hall–Kier alpha value is 0.220. The summed E-state index contributed by atoms with van der Waals surface area (Å²) in [6.45, 7) is 2.28. The Bertz CT molecular complexity index is 175. The van der Waals surface area contributed by atoms with E-state index in [1.807, 2.05) is 0 Å². The van der Waals surface area contributed by atoms with E-state index < -0.39 is 0 Å². The first-order valence-corrected chi connectivity index (χ1v) is 9.75. The van der Waals surface area contributed by atoms with E-state index in [-0.39, 0.29) is 0 Å². The molecule has 0 aliphatic rings. The van der Waals surface area contributed by atoms with Gasteiger partial charge in [0, 0.05) is 5.33 Å². The Balaban J connectivity index is 3.01. The van der Waals surface area contributed by atoms with Crippen LogP contribution in [-0.4, -0.2) is 5.33 Å². The largest absolute Gasteiger partial charge is 0.0928 e. The zero-order valence-corrected chi connectivity index (χ0v) is 14.7. The minimum absolute atomic E-state index is 1.17. The maximum atomic E-state index is 3.48. The lowest BCUT2D eigenvalue weighted by molar-refractivity contribution is 0.607. The molecule has 0 rings (SSSR count). The summed E-state index contributed by atoms with van der Waals surface area (Å²) in [5.74, 6) is 0. The summed E-state index contributed by atoms with van der Waals surface area (Å²) < 4.78 is 0. The summed E-state index contributed by atoms with van der Waals surface area (Å²) in [5, 5.41) is 1.17. The van der Waals surface area contributed by atoms with Gasteiger partial charge in [-0.05, 0) is 32.1 Å². The summed E-state index contributed by atoms with van der Waals surface area (Å²) in [6.07, 6.45) is 24.3. The van der Waals surface area contributed by atoms with Crippen molar-refractivity contribution in [1.82, 2.24) is 0 Å². The Labute approximate surface area is 130 Å². The monoisotopic (exact) mass is 330 g/mol. The highest BCUT2D eigenvalue weighted by Gasteiger charge is 1.90. The number of alkyl halides is 1. The Morgan fingerprint density at radius 2 is 1.00 bits per heavy atom. The molecule has 0 N–H and O–H groups in total. The van der Waals surface area contributed by atoms with Gasteiger partial charge in [-0.3, -0.25) is 0 Å². The standard InChI is InChI=1S/C18H35Br/c1-2-3-4-5-6-7-8-9-10-11-12-13-14-15-16-17-18-19/h9-10H,2-8,11-18H2,1H3/b10-9+. The molecule has 0 fully saturated rings. The molecule has 0 aliphatic carbocycles. The summed E-state index contributed by atoms with van der Waals surface area (Å²) in [5.41, 5.74) is 0. The van der Waals surface area contributed by atoms with Crippen molar-refractivity contribution in [3.05, 3.63) is 12.2 Å². The molecule has 0 spiro atoms. The smallest absolute Gasteiger partial charge is 0.00313 e. The van der Waals surface area contributed by atoms with Gasteiger partial charge in [0.2, 0.25) is 0 Å². The van der Waals surface area contributed by atoms with Crippen LogP contribution in [0.2, 0.25) is 0 Å². The van der Waals surface area contributed by atoms with Gasteiger partial charge in [0.15, 0.2) is 0 Å². The van der Waals surface area contributed by atoms with Crippen LogP contribution < -0.4 is 0 Å². The number of rotatable bonds is 15. The molecule has 0 aliphatic heterocycles. The van der Waals surface area contributed by atoms with Crippen molar-refractivity contribution in [2.24, 2.45) is 0 Å². The number of unbranched alkanes of at least 4 members (excludes halogenated alkanes) is 12. The first-order chi connectivity index (χ1) is 9.41. The number of allylic oxidation sites excluding steroid dienone is 2. The molecule has 114 valence electrons. The minimum Gasteiger partial charge on any atom is -0.0928 e. The normalized spacial score (nSPS) is 11.5. The van der Waals surface area contributed by atoms with E-state index in [0.717, 1.165) is 0 Å². The fourth-order valence-corrected chi connectivity index (χ4v) is 2.74. The van der Waals surface area contributed by atoms with E-state index in [2.05, 4.69) is 35.0 Å². The molecular weight excluding hydrogens is 296 g/mol. The third kappa shape index (κ3) is 18.2. The molecule has 0 aromatic rings. The third-order valence-corrected chi connectivity index (χ3v) is 4.21. The lowest BCUT2D eigenvalue weighted by Gasteiger charge is -1.99. The Morgan fingerprint density at radius 3 is 1.47 bits per heavy atom. The topological polar surface area (TPSA) is 0 Å². The molecule has 0 radical (unpaired) electrons. The molecule has 0 aromatic carbocycles. The van der Waals surface area contributed by atoms with E-state index in [0.29, 0.717) is 0 Å². The number of hydrogen-bond acceptors (Lipinski definition) is 0. The van der Waals surface area contributed by atoms with E-state index in [4.69, 9.17) is 0 Å². The number of halogens is 1. The van der Waals surface area contributed by atoms with E-state index >= 15 is 0 Å². The van der Waals surface area contributed by atoms with Crippen LogP contribution in [0.5, 0.6) is 0 Å². The Kier molecular flexibility index (Phi) is 18.4. The number of hydrogen-bond donors (Lipinski definition) is 0. The fraction of sp³-hybridized carbons (Fsp3) is 0.889. The fourth-order valence-electron chi connectivity index (χ4n) is 2.34. The summed E-state index contributed by atoms with van der Waals surface area (Å²) in [7, 11) is 0. The van der Waals surface area contributed by atoms with Crippen molar-refractivity contribution in [1.29, 1.82) is 0 Å². The quantitative estimate of drug-likeness (QED) is 0.166. The molecule has 0 nitrogen and oxygen atoms in total. The van der Waals surface area contributed by atoms with Crippen molar-refractivity contribution in [3.63, 3.8) is 0 Å². The average Bonchev–Trinajstić information content (AvgIpc) is 2.43. The molecule has 0 saturated heterocycles. The van der Waals surface area contributed by atoms with Gasteiger partial charge in [-0.2, -0.15) is 0 Å². The van der Waals surface area contributed by atoms with Crippen LogP contribution in [0.25, 0.3) is 0 Å². The van der Waals surface area contributed by atoms with Crippen LogP contribution in [0.15, 0.2) is 12.2 Å². The molecular formula is C18H35Br. The van der Waals surface area contributed by atoms with Gasteiger partial charge >= 0.3 is 0 Å². The summed E-state index contributed by atoms with van der Waals surface area (Å²) in [4.78, 5) is 0. The molecule has 0 unspecified atom stereocenters. The van der Waals surface area contributed by atoms with Gasteiger partial charge in [0.1, 0.15) is 0 Å². The van der Waals surface area contributed by atoms with Crippen LogP contribution in [0.1, 0.15) is 96.8 Å². The van der Waals surface area contributed by atoms with E-state index in [9.17, 15) is 0 Å². The van der Waals surface area contributed by atoms with Gasteiger partial charge in [-0.25, -0.2) is 0 Å². The zero-order valence-electron chi connectivity index (χ0n) is 13.1. The van der Waals surface area contributed by atoms with Crippen molar-refractivity contribution in [2.45, 2.75) is 96.8 Å². The lowest BCUT2D eigenvalue weighted by Crippen LogP contribution is -1.80. The van der Waals surface area contributed by atoms with Crippen molar-refractivity contribution in [3.8, 4) is 0 Å². The summed E-state index contributed by atoms with van der Waals surface area (Å²) in [6, 6.07) is 0. The van der Waals surface area contributed by atoms with Crippen molar-refractivity contribution >= 4 is 15.9 Å². The molecule has 19 heavy (non-hydrogen) atoms. The highest BCUT2D eigenvalue weighted by molar-refractivity contribution is 9.09. The molecule has 0 atom stereocenters. The van der Waals surface area contributed by atoms with Gasteiger partial charge in [0.05, 0.1) is 0 Å². The Morgan fingerprint density at radius 1 is 0.579 bits per heavy atom. The lowest BCUT2D eigenvalue weighted by atomic mass is 10.1. The average molecular weight is 331 g/mol. The SMILES string of the molecule is CCCCCCCC/C=C/CCCCCCCCBr. The van der Waals surface area contributed by atoms with Gasteiger partial charge in [-0.1, -0.05) is 92.8 Å². The van der Waals surface area contributed by atoms with Crippen LogP contribution in [0.3, 0.4) is 0 Å². The molecule has 0 bridgehead atoms. The molecule has 1 heteroatoms. The second-order valence-corrected chi connectivity index (χ2v) is 6.42. The van der Waals surface area contributed by atoms with Gasteiger partial charge in [0.25, 0.3) is 0 Å². The molecule has 0 heterocycles.